The number of aromatic amines is 1. The van der Waals surface area contributed by atoms with E-state index in [4.69, 9.17) is 0 Å². The minimum atomic E-state index is 0.107. The topological polar surface area (TPSA) is 90.0 Å². The predicted octanol–water partition coefficient (Wildman–Crippen LogP) is 2.42. The molecule has 8 nitrogen and oxygen atoms in total. The molecule has 8 heteroatoms. The largest absolute Gasteiger partial charge is 0.355 e. The highest BCUT2D eigenvalue weighted by atomic mass is 16.2. The first-order chi connectivity index (χ1) is 13.7. The molecule has 1 saturated carbocycles. The number of hydrogen-bond acceptors (Lipinski definition) is 6. The number of amides is 1. The fourth-order valence-corrected chi connectivity index (χ4v) is 3.81. The summed E-state index contributed by atoms with van der Waals surface area (Å²) < 4.78 is 0. The third-order valence-electron chi connectivity index (χ3n) is 5.67. The van der Waals surface area contributed by atoms with Gasteiger partial charge in [-0.3, -0.25) is 4.79 Å². The Morgan fingerprint density at radius 2 is 2.11 bits per heavy atom. The highest BCUT2D eigenvalue weighted by Crippen LogP contribution is 2.31. The van der Waals surface area contributed by atoms with E-state index in [2.05, 4.69) is 42.1 Å². The number of carbonyl (C=O) groups excluding carboxylic acids is 1. The molecule has 2 aliphatic rings. The summed E-state index contributed by atoms with van der Waals surface area (Å²) in [4.78, 5) is 32.9. The van der Waals surface area contributed by atoms with Crippen molar-refractivity contribution >= 4 is 34.3 Å². The van der Waals surface area contributed by atoms with Crippen LogP contribution in [0.1, 0.15) is 19.3 Å². The zero-order valence-corrected chi connectivity index (χ0v) is 15.8. The van der Waals surface area contributed by atoms with Crippen molar-refractivity contribution in [1.82, 2.24) is 19.9 Å². The smallest absolute Gasteiger partial charge is 0.227 e. The lowest BCUT2D eigenvalue weighted by molar-refractivity contribution is -0.117. The molecular formula is C20H23N7O. The molecule has 0 radical (unpaired) electrons. The quantitative estimate of drug-likeness (QED) is 0.710. The fraction of sp³-hybridized carbons (Fsp3) is 0.400. The molecule has 2 N–H and O–H groups in total. The number of fused-ring (bicyclic) bond motifs is 1. The van der Waals surface area contributed by atoms with Gasteiger partial charge in [0.15, 0.2) is 0 Å². The van der Waals surface area contributed by atoms with E-state index < -0.39 is 0 Å². The maximum absolute atomic E-state index is 11.9. The first-order valence-electron chi connectivity index (χ1n) is 9.72. The van der Waals surface area contributed by atoms with Gasteiger partial charge in [-0.05, 0) is 37.5 Å². The van der Waals surface area contributed by atoms with Crippen molar-refractivity contribution in [2.75, 3.05) is 35.3 Å². The van der Waals surface area contributed by atoms with Crippen LogP contribution in [-0.4, -0.2) is 52.0 Å². The Labute approximate surface area is 163 Å². The van der Waals surface area contributed by atoms with E-state index in [1.165, 1.54) is 0 Å². The highest BCUT2D eigenvalue weighted by molar-refractivity contribution is 5.94. The van der Waals surface area contributed by atoms with E-state index >= 15 is 0 Å². The number of carbonyl (C=O) groups is 1. The van der Waals surface area contributed by atoms with Crippen molar-refractivity contribution < 1.29 is 4.79 Å². The van der Waals surface area contributed by atoms with Crippen LogP contribution in [0.15, 0.2) is 36.9 Å². The molecule has 144 valence electrons. The molecule has 1 aliphatic carbocycles. The van der Waals surface area contributed by atoms with Crippen molar-refractivity contribution in [2.45, 2.75) is 25.3 Å². The molecule has 2 fully saturated rings. The number of pyridine rings is 1. The number of nitrogens with zero attached hydrogens (tertiary/aromatic N) is 5. The molecule has 5 rings (SSSR count). The van der Waals surface area contributed by atoms with Crippen LogP contribution in [0.2, 0.25) is 0 Å². The average Bonchev–Trinajstić information content (AvgIpc) is 3.26. The summed E-state index contributed by atoms with van der Waals surface area (Å²) in [6.07, 6.45) is 8.29. The standard InChI is InChI=1S/C20H23N7O/c1-26(17-5-4-14(10-22-17)25-20(28)13-2-3-13)15-7-9-27(11-15)19-16-6-8-21-18(16)23-12-24-19/h4-6,8,10,12-13,15H,2-3,7,9,11H2,1H3,(H,25,28)(H,21,23,24)/t15-/m1/s1. The Morgan fingerprint density at radius 3 is 2.89 bits per heavy atom. The SMILES string of the molecule is CN(c1ccc(NC(=O)C2CC2)cn1)[C@@H]1CCN(c2ncnc3[nH]ccc23)C1. The van der Waals surface area contributed by atoms with Gasteiger partial charge in [0.25, 0.3) is 0 Å². The van der Waals surface area contributed by atoms with E-state index in [0.29, 0.717) is 6.04 Å². The van der Waals surface area contributed by atoms with Crippen LogP contribution in [0, 0.1) is 5.92 Å². The minimum absolute atomic E-state index is 0.107. The van der Waals surface area contributed by atoms with Gasteiger partial charge in [0.05, 0.1) is 17.3 Å². The highest BCUT2D eigenvalue weighted by Gasteiger charge is 2.30. The van der Waals surface area contributed by atoms with Gasteiger partial charge in [-0.15, -0.1) is 0 Å². The maximum atomic E-state index is 11.9. The van der Waals surface area contributed by atoms with Crippen LogP contribution in [0.25, 0.3) is 11.0 Å². The Bertz CT molecular complexity index is 995. The Kier molecular flexibility index (Phi) is 4.11. The monoisotopic (exact) mass is 377 g/mol. The van der Waals surface area contributed by atoms with Crippen LogP contribution >= 0.6 is 0 Å². The van der Waals surface area contributed by atoms with Crippen molar-refractivity contribution in [3.8, 4) is 0 Å². The number of hydrogen-bond donors (Lipinski definition) is 2. The molecule has 3 aromatic heterocycles. The maximum Gasteiger partial charge on any atom is 0.227 e. The second-order valence-corrected chi connectivity index (χ2v) is 7.61. The number of H-pyrrole nitrogens is 1. The summed E-state index contributed by atoms with van der Waals surface area (Å²) in [6.45, 7) is 1.83. The molecule has 0 bridgehead atoms. The van der Waals surface area contributed by atoms with Crippen LogP contribution in [0.4, 0.5) is 17.3 Å². The van der Waals surface area contributed by atoms with E-state index in [1.807, 2.05) is 24.4 Å². The Morgan fingerprint density at radius 1 is 1.21 bits per heavy atom. The first kappa shape index (κ1) is 17.0. The van der Waals surface area contributed by atoms with Crippen molar-refractivity contribution in [1.29, 1.82) is 0 Å². The van der Waals surface area contributed by atoms with Gasteiger partial charge < -0.3 is 20.1 Å². The van der Waals surface area contributed by atoms with E-state index in [-0.39, 0.29) is 11.8 Å². The zero-order valence-electron chi connectivity index (χ0n) is 15.8. The van der Waals surface area contributed by atoms with Gasteiger partial charge in [0.1, 0.15) is 23.6 Å². The molecule has 1 aliphatic heterocycles. The lowest BCUT2D eigenvalue weighted by atomic mass is 10.2. The van der Waals surface area contributed by atoms with Gasteiger partial charge in [-0.1, -0.05) is 0 Å². The van der Waals surface area contributed by atoms with Crippen LogP contribution in [-0.2, 0) is 4.79 Å². The molecule has 28 heavy (non-hydrogen) atoms. The van der Waals surface area contributed by atoms with Gasteiger partial charge in [-0.25, -0.2) is 15.0 Å². The normalized spacial score (nSPS) is 19.2. The lowest BCUT2D eigenvalue weighted by Gasteiger charge is -2.26. The zero-order chi connectivity index (χ0) is 19.1. The third kappa shape index (κ3) is 3.15. The van der Waals surface area contributed by atoms with E-state index in [9.17, 15) is 4.79 Å². The first-order valence-corrected chi connectivity index (χ1v) is 9.72. The molecule has 0 spiro atoms. The average molecular weight is 377 g/mol. The third-order valence-corrected chi connectivity index (χ3v) is 5.67. The fourth-order valence-electron chi connectivity index (χ4n) is 3.81. The number of rotatable bonds is 5. The molecule has 0 aromatic carbocycles. The van der Waals surface area contributed by atoms with Gasteiger partial charge in [0, 0.05) is 38.3 Å². The van der Waals surface area contributed by atoms with Gasteiger partial charge in [-0.2, -0.15) is 0 Å². The van der Waals surface area contributed by atoms with E-state index in [1.54, 1.807) is 12.5 Å². The lowest BCUT2D eigenvalue weighted by Crippen LogP contribution is -2.35. The predicted molar refractivity (Wildman–Crippen MR) is 109 cm³/mol. The van der Waals surface area contributed by atoms with Crippen molar-refractivity contribution in [2.24, 2.45) is 5.92 Å². The number of nitrogens with one attached hydrogen (secondary N) is 2. The molecule has 1 saturated heterocycles. The second kappa shape index (κ2) is 6.78. The Hall–Kier alpha value is -3.16. The number of likely N-dealkylation sites (N-methyl/N-ethyl adjacent to an activating group) is 1. The molecule has 3 aromatic rings. The van der Waals surface area contributed by atoms with E-state index in [0.717, 1.165) is 60.7 Å². The molecule has 1 atom stereocenters. The summed E-state index contributed by atoms with van der Waals surface area (Å²) in [5.41, 5.74) is 1.63. The molecule has 4 heterocycles. The summed E-state index contributed by atoms with van der Waals surface area (Å²) in [5.74, 6) is 2.19. The van der Waals surface area contributed by atoms with Crippen LogP contribution in [0.3, 0.4) is 0 Å². The molecule has 0 unspecified atom stereocenters. The number of anilines is 3. The second-order valence-electron chi connectivity index (χ2n) is 7.61. The van der Waals surface area contributed by atoms with Crippen molar-refractivity contribution in [3.63, 3.8) is 0 Å². The molecule has 1 amide bonds. The summed E-state index contributed by atoms with van der Waals surface area (Å²) >= 11 is 0. The summed E-state index contributed by atoms with van der Waals surface area (Å²) in [7, 11) is 2.07. The van der Waals surface area contributed by atoms with Crippen LogP contribution < -0.4 is 15.1 Å². The Balaban J connectivity index is 1.26. The molecular weight excluding hydrogens is 354 g/mol. The summed E-state index contributed by atoms with van der Waals surface area (Å²) in [5, 5.41) is 3.99. The number of aromatic nitrogens is 4. The summed E-state index contributed by atoms with van der Waals surface area (Å²) in [6, 6.07) is 6.28. The van der Waals surface area contributed by atoms with Gasteiger partial charge in [0.2, 0.25) is 5.91 Å². The van der Waals surface area contributed by atoms with Crippen LogP contribution in [0.5, 0.6) is 0 Å². The van der Waals surface area contributed by atoms with Gasteiger partial charge >= 0.3 is 0 Å². The van der Waals surface area contributed by atoms with Crippen molar-refractivity contribution in [3.05, 3.63) is 36.9 Å². The minimum Gasteiger partial charge on any atom is -0.355 e.